The predicted molar refractivity (Wildman–Crippen MR) is 84.2 cm³/mol. The molecule has 2 aromatic rings. The molecule has 20 heavy (non-hydrogen) atoms. The molecule has 1 heterocycles. The van der Waals surface area contributed by atoms with E-state index in [1.807, 2.05) is 45.2 Å². The second kappa shape index (κ2) is 11.1. The number of rotatable bonds is 3. The minimum Gasteiger partial charge on any atom is -0.507 e. The highest BCUT2D eigenvalue weighted by molar-refractivity contribution is 7.09. The number of carbonyl (C=O) groups excluding carboxylic acids is 1. The number of hydrogen-bond donors (Lipinski definition) is 1. The smallest absolute Gasteiger partial charge is 0.342 e. The van der Waals surface area contributed by atoms with E-state index >= 15 is 0 Å². The number of carbonyl (C=O) groups is 1. The molecule has 0 aliphatic rings. The fourth-order valence-electron chi connectivity index (χ4n) is 1.26. The topological polar surface area (TPSA) is 46.5 Å². The fourth-order valence-corrected chi connectivity index (χ4v) is 1.87. The normalized spacial score (nSPS) is 8.60. The molecule has 0 radical (unpaired) electrons. The number of benzene rings is 1. The zero-order chi connectivity index (χ0) is 15.4. The Bertz CT molecular complexity index is 478. The second-order valence-electron chi connectivity index (χ2n) is 3.17. The quantitative estimate of drug-likeness (QED) is 0.822. The number of thiophene rings is 1. The number of esters is 1. The Morgan fingerprint density at radius 1 is 1.10 bits per heavy atom. The summed E-state index contributed by atoms with van der Waals surface area (Å²) in [7, 11) is 0. The molecule has 0 aliphatic carbocycles. The molecule has 0 amide bonds. The van der Waals surface area contributed by atoms with Crippen molar-refractivity contribution in [3.63, 3.8) is 0 Å². The third-order valence-corrected chi connectivity index (χ3v) is 2.90. The molecule has 110 valence electrons. The summed E-state index contributed by atoms with van der Waals surface area (Å²) in [6, 6.07) is 10.1. The molecule has 0 aliphatic heterocycles. The standard InChI is InChI=1S/C12H10O3S.2C2H6/c13-11-6-2-1-5-10(11)12(14)15-8-9-4-3-7-16-9;2*1-2/h1-7,13H,8H2;2*1-2H3. The van der Waals surface area contributed by atoms with Gasteiger partial charge in [-0.1, -0.05) is 45.9 Å². The first-order chi connectivity index (χ1) is 9.77. The highest BCUT2D eigenvalue weighted by Gasteiger charge is 2.11. The van der Waals surface area contributed by atoms with Crippen LogP contribution in [0.4, 0.5) is 0 Å². The first kappa shape index (κ1) is 18.2. The maximum atomic E-state index is 11.6. The lowest BCUT2D eigenvalue weighted by Gasteiger charge is -2.04. The number of phenolic OH excluding ortho intramolecular Hbond substituents is 1. The molecule has 0 spiro atoms. The van der Waals surface area contributed by atoms with Crippen molar-refractivity contribution in [3.8, 4) is 5.75 Å². The van der Waals surface area contributed by atoms with Crippen LogP contribution in [-0.4, -0.2) is 11.1 Å². The molecule has 1 aromatic heterocycles. The molecule has 0 saturated carbocycles. The van der Waals surface area contributed by atoms with Gasteiger partial charge in [-0.15, -0.1) is 11.3 Å². The van der Waals surface area contributed by atoms with Crippen molar-refractivity contribution in [2.45, 2.75) is 34.3 Å². The summed E-state index contributed by atoms with van der Waals surface area (Å²) >= 11 is 1.52. The van der Waals surface area contributed by atoms with Crippen LogP contribution in [-0.2, 0) is 11.3 Å². The van der Waals surface area contributed by atoms with E-state index in [0.29, 0.717) is 0 Å². The van der Waals surface area contributed by atoms with Crippen LogP contribution in [0.1, 0.15) is 42.9 Å². The Labute approximate surface area is 124 Å². The van der Waals surface area contributed by atoms with Crippen LogP contribution in [0.5, 0.6) is 5.75 Å². The van der Waals surface area contributed by atoms with Gasteiger partial charge in [0.1, 0.15) is 17.9 Å². The SMILES string of the molecule is CC.CC.O=C(OCc1cccs1)c1ccccc1O. The van der Waals surface area contributed by atoms with Crippen molar-refractivity contribution in [3.05, 3.63) is 52.2 Å². The summed E-state index contributed by atoms with van der Waals surface area (Å²) in [5.41, 5.74) is 0.194. The molecule has 0 saturated heterocycles. The first-order valence-corrected chi connectivity index (χ1v) is 7.63. The average Bonchev–Trinajstić information content (AvgIpc) is 3.03. The molecule has 0 fully saturated rings. The summed E-state index contributed by atoms with van der Waals surface area (Å²) in [5.74, 6) is -0.565. The molecular formula is C16H22O3S. The molecule has 2 rings (SSSR count). The molecule has 0 bridgehead atoms. The van der Waals surface area contributed by atoms with Crippen molar-refractivity contribution >= 4 is 17.3 Å². The van der Waals surface area contributed by atoms with Gasteiger partial charge in [0.2, 0.25) is 0 Å². The molecule has 0 atom stereocenters. The summed E-state index contributed by atoms with van der Waals surface area (Å²) in [6.45, 7) is 8.24. The van der Waals surface area contributed by atoms with E-state index < -0.39 is 5.97 Å². The Morgan fingerprint density at radius 3 is 2.30 bits per heavy atom. The molecule has 0 unspecified atom stereocenters. The third-order valence-electron chi connectivity index (χ3n) is 2.05. The van der Waals surface area contributed by atoms with E-state index in [2.05, 4.69) is 0 Å². The van der Waals surface area contributed by atoms with Crippen molar-refractivity contribution in [1.29, 1.82) is 0 Å². The van der Waals surface area contributed by atoms with E-state index in [1.165, 1.54) is 23.5 Å². The van der Waals surface area contributed by atoms with Gasteiger partial charge in [-0.2, -0.15) is 0 Å². The van der Waals surface area contributed by atoms with Crippen LogP contribution in [0, 0.1) is 0 Å². The zero-order valence-electron chi connectivity index (χ0n) is 12.4. The van der Waals surface area contributed by atoms with Crippen molar-refractivity contribution in [2.24, 2.45) is 0 Å². The molecular weight excluding hydrogens is 272 g/mol. The number of hydrogen-bond acceptors (Lipinski definition) is 4. The number of phenols is 1. The lowest BCUT2D eigenvalue weighted by atomic mass is 10.2. The van der Waals surface area contributed by atoms with E-state index in [4.69, 9.17) is 4.74 Å². The number of aromatic hydroxyl groups is 1. The minimum atomic E-state index is -0.508. The van der Waals surface area contributed by atoms with Crippen LogP contribution >= 0.6 is 11.3 Å². The van der Waals surface area contributed by atoms with Gasteiger partial charge in [0, 0.05) is 4.88 Å². The largest absolute Gasteiger partial charge is 0.507 e. The van der Waals surface area contributed by atoms with Crippen LogP contribution < -0.4 is 0 Å². The summed E-state index contributed by atoms with van der Waals surface area (Å²) in [6.07, 6.45) is 0. The van der Waals surface area contributed by atoms with Gasteiger partial charge in [0.05, 0.1) is 0 Å². The Morgan fingerprint density at radius 2 is 1.75 bits per heavy atom. The Hall–Kier alpha value is -1.81. The summed E-state index contributed by atoms with van der Waals surface area (Å²) in [5, 5.41) is 11.4. The maximum absolute atomic E-state index is 11.6. The minimum absolute atomic E-state index is 0.0568. The van der Waals surface area contributed by atoms with Crippen LogP contribution in [0.15, 0.2) is 41.8 Å². The Kier molecular flexibility index (Phi) is 10.1. The first-order valence-electron chi connectivity index (χ1n) is 6.75. The summed E-state index contributed by atoms with van der Waals surface area (Å²) < 4.78 is 5.06. The van der Waals surface area contributed by atoms with E-state index in [9.17, 15) is 9.90 Å². The molecule has 1 aromatic carbocycles. The average molecular weight is 294 g/mol. The lowest BCUT2D eigenvalue weighted by molar-refractivity contribution is 0.0473. The van der Waals surface area contributed by atoms with Gasteiger partial charge in [0.15, 0.2) is 0 Å². The van der Waals surface area contributed by atoms with Gasteiger partial charge in [-0.05, 0) is 23.6 Å². The van der Waals surface area contributed by atoms with Crippen LogP contribution in [0.3, 0.4) is 0 Å². The van der Waals surface area contributed by atoms with Gasteiger partial charge < -0.3 is 9.84 Å². The third kappa shape index (κ3) is 5.89. The summed E-state index contributed by atoms with van der Waals surface area (Å²) in [4.78, 5) is 12.6. The van der Waals surface area contributed by atoms with E-state index in [0.717, 1.165) is 4.88 Å². The van der Waals surface area contributed by atoms with E-state index in [-0.39, 0.29) is 17.9 Å². The number of ether oxygens (including phenoxy) is 1. The maximum Gasteiger partial charge on any atom is 0.342 e. The fraction of sp³-hybridized carbons (Fsp3) is 0.312. The van der Waals surface area contributed by atoms with Gasteiger partial charge in [0.25, 0.3) is 0 Å². The van der Waals surface area contributed by atoms with Crippen LogP contribution in [0.2, 0.25) is 0 Å². The lowest BCUT2D eigenvalue weighted by Crippen LogP contribution is -2.04. The molecule has 4 heteroatoms. The van der Waals surface area contributed by atoms with Gasteiger partial charge in [-0.25, -0.2) is 4.79 Å². The van der Waals surface area contributed by atoms with Crippen molar-refractivity contribution < 1.29 is 14.6 Å². The monoisotopic (exact) mass is 294 g/mol. The predicted octanol–water partition coefficient (Wildman–Crippen LogP) is 4.86. The zero-order valence-corrected chi connectivity index (χ0v) is 13.2. The van der Waals surface area contributed by atoms with Crippen molar-refractivity contribution in [2.75, 3.05) is 0 Å². The van der Waals surface area contributed by atoms with Gasteiger partial charge >= 0.3 is 5.97 Å². The Balaban J connectivity index is 0.000000829. The molecule has 3 nitrogen and oxygen atoms in total. The van der Waals surface area contributed by atoms with Crippen molar-refractivity contribution in [1.82, 2.24) is 0 Å². The van der Waals surface area contributed by atoms with Crippen LogP contribution in [0.25, 0.3) is 0 Å². The highest BCUT2D eigenvalue weighted by Crippen LogP contribution is 2.18. The van der Waals surface area contributed by atoms with Gasteiger partial charge in [-0.3, -0.25) is 0 Å². The van der Waals surface area contributed by atoms with E-state index in [1.54, 1.807) is 12.1 Å². The second-order valence-corrected chi connectivity index (χ2v) is 4.20. The highest BCUT2D eigenvalue weighted by atomic mass is 32.1. The molecule has 1 N–H and O–H groups in total. The number of para-hydroxylation sites is 1.